The van der Waals surface area contributed by atoms with Gasteiger partial charge in [0.1, 0.15) is 5.82 Å². The first kappa shape index (κ1) is 21.0. The Morgan fingerprint density at radius 3 is 2.17 bits per heavy atom. The first-order chi connectivity index (χ1) is 14.0. The topological polar surface area (TPSA) is 61.9 Å². The van der Waals surface area contributed by atoms with E-state index in [4.69, 9.17) is 0 Å². The lowest BCUT2D eigenvalue weighted by molar-refractivity contribution is 0.0600. The lowest BCUT2D eigenvalue weighted by Crippen LogP contribution is -2.48. The summed E-state index contributed by atoms with van der Waals surface area (Å²) < 4.78 is 18.0. The second kappa shape index (κ2) is 9.62. The highest BCUT2D eigenvalue weighted by molar-refractivity contribution is 5.96. The normalized spacial score (nSPS) is 16.2. The van der Waals surface area contributed by atoms with Crippen LogP contribution in [0.4, 0.5) is 4.39 Å². The molecule has 1 fully saturated rings. The van der Waals surface area contributed by atoms with E-state index in [1.165, 1.54) is 19.2 Å². The molecule has 0 spiro atoms. The van der Waals surface area contributed by atoms with E-state index in [1.54, 1.807) is 36.4 Å². The number of esters is 1. The van der Waals surface area contributed by atoms with Crippen LogP contribution in [0.1, 0.15) is 32.3 Å². The van der Waals surface area contributed by atoms with Crippen molar-refractivity contribution in [3.05, 3.63) is 71.0 Å². The van der Waals surface area contributed by atoms with E-state index < -0.39 is 5.97 Å². The highest BCUT2D eigenvalue weighted by Crippen LogP contribution is 2.22. The number of ether oxygens (including phenoxy) is 1. The molecule has 1 heterocycles. The Hall–Kier alpha value is -2.77. The van der Waals surface area contributed by atoms with Gasteiger partial charge in [0.25, 0.3) is 5.91 Å². The summed E-state index contributed by atoms with van der Waals surface area (Å²) in [5.74, 6) is -0.938. The third kappa shape index (κ3) is 5.40. The molecule has 1 amide bonds. The number of carbonyl (C=O) groups excluding carboxylic acids is 2. The van der Waals surface area contributed by atoms with Crippen LogP contribution in [-0.4, -0.2) is 68.6 Å². The molecule has 1 aliphatic heterocycles. The van der Waals surface area contributed by atoms with Crippen LogP contribution in [0.25, 0.3) is 0 Å². The summed E-state index contributed by atoms with van der Waals surface area (Å²) in [6.45, 7) is 4.05. The van der Waals surface area contributed by atoms with Gasteiger partial charge in [-0.1, -0.05) is 12.1 Å². The Morgan fingerprint density at radius 2 is 1.59 bits per heavy atom. The Bertz CT molecular complexity index is 831. The fourth-order valence-electron chi connectivity index (χ4n) is 3.44. The zero-order valence-electron chi connectivity index (χ0n) is 16.7. The molecular formula is C22H26FN3O3. The second-order valence-corrected chi connectivity index (χ2v) is 7.19. The number of carbonyl (C=O) groups is 2. The van der Waals surface area contributed by atoms with E-state index in [9.17, 15) is 14.0 Å². The zero-order valence-corrected chi connectivity index (χ0v) is 16.7. The van der Waals surface area contributed by atoms with E-state index in [0.29, 0.717) is 17.7 Å². The van der Waals surface area contributed by atoms with Gasteiger partial charge in [-0.05, 0) is 49.0 Å². The quantitative estimate of drug-likeness (QED) is 0.756. The molecular weight excluding hydrogens is 373 g/mol. The smallest absolute Gasteiger partial charge is 0.337 e. The lowest BCUT2D eigenvalue weighted by atomic mass is 10.0. The number of likely N-dealkylation sites (N-methyl/N-ethyl adjacent to an activating group) is 1. The molecule has 0 radical (unpaired) electrons. The Labute approximate surface area is 170 Å². The maximum absolute atomic E-state index is 13.4. The Balaban J connectivity index is 1.69. The molecule has 3 rings (SSSR count). The van der Waals surface area contributed by atoms with Gasteiger partial charge >= 0.3 is 5.97 Å². The van der Waals surface area contributed by atoms with Crippen molar-refractivity contribution in [2.75, 3.05) is 46.9 Å². The number of amides is 1. The maximum atomic E-state index is 13.4. The average molecular weight is 399 g/mol. The summed E-state index contributed by atoms with van der Waals surface area (Å²) in [4.78, 5) is 28.7. The molecule has 1 unspecified atom stereocenters. The van der Waals surface area contributed by atoms with Crippen molar-refractivity contribution in [1.29, 1.82) is 0 Å². The van der Waals surface area contributed by atoms with E-state index in [1.807, 2.05) is 0 Å². The number of benzene rings is 2. The second-order valence-electron chi connectivity index (χ2n) is 7.19. The van der Waals surface area contributed by atoms with Crippen molar-refractivity contribution in [2.24, 2.45) is 0 Å². The minimum atomic E-state index is -0.441. The standard InChI is InChI=1S/C22H26FN3O3/c1-25-11-13-26(14-12-25)20(16-7-9-19(23)10-8-16)15-24-21(27)17-3-5-18(6-4-17)22(28)29-2/h3-10,20H,11-15H2,1-2H3,(H,24,27). The summed E-state index contributed by atoms with van der Waals surface area (Å²) in [7, 11) is 3.40. The number of methoxy groups -OCH3 is 1. The fourth-order valence-corrected chi connectivity index (χ4v) is 3.44. The van der Waals surface area contributed by atoms with Crippen molar-refractivity contribution < 1.29 is 18.7 Å². The first-order valence-electron chi connectivity index (χ1n) is 9.62. The van der Waals surface area contributed by atoms with Crippen LogP contribution < -0.4 is 5.32 Å². The number of nitrogens with zero attached hydrogens (tertiary/aromatic N) is 2. The zero-order chi connectivity index (χ0) is 20.8. The summed E-state index contributed by atoms with van der Waals surface area (Å²) in [6.07, 6.45) is 0. The molecule has 1 atom stereocenters. The number of halogens is 1. The van der Waals surface area contributed by atoms with Gasteiger partial charge < -0.3 is 15.0 Å². The van der Waals surface area contributed by atoms with Crippen LogP contribution >= 0.6 is 0 Å². The largest absolute Gasteiger partial charge is 0.465 e. The third-order valence-corrected chi connectivity index (χ3v) is 5.26. The van der Waals surface area contributed by atoms with E-state index in [2.05, 4.69) is 26.9 Å². The molecule has 2 aromatic carbocycles. The first-order valence-corrected chi connectivity index (χ1v) is 9.62. The number of hydrogen-bond acceptors (Lipinski definition) is 5. The minimum Gasteiger partial charge on any atom is -0.465 e. The van der Waals surface area contributed by atoms with Gasteiger partial charge in [-0.2, -0.15) is 0 Å². The van der Waals surface area contributed by atoms with Gasteiger partial charge in [0.2, 0.25) is 0 Å². The summed E-state index contributed by atoms with van der Waals surface area (Å²) in [6, 6.07) is 12.7. The summed E-state index contributed by atoms with van der Waals surface area (Å²) in [5.41, 5.74) is 1.83. The highest BCUT2D eigenvalue weighted by Gasteiger charge is 2.24. The van der Waals surface area contributed by atoms with Crippen molar-refractivity contribution >= 4 is 11.9 Å². The van der Waals surface area contributed by atoms with Crippen molar-refractivity contribution in [3.8, 4) is 0 Å². The van der Waals surface area contributed by atoms with Crippen LogP contribution in [0.5, 0.6) is 0 Å². The number of rotatable bonds is 6. The molecule has 7 heteroatoms. The van der Waals surface area contributed by atoms with Gasteiger partial charge in [0, 0.05) is 38.3 Å². The number of nitrogens with one attached hydrogen (secondary N) is 1. The monoisotopic (exact) mass is 399 g/mol. The lowest BCUT2D eigenvalue weighted by Gasteiger charge is -2.38. The Morgan fingerprint density at radius 1 is 1.00 bits per heavy atom. The SMILES string of the molecule is COC(=O)c1ccc(C(=O)NCC(c2ccc(F)cc2)N2CCN(C)CC2)cc1. The highest BCUT2D eigenvalue weighted by atomic mass is 19.1. The van der Waals surface area contributed by atoms with Gasteiger partial charge in [-0.15, -0.1) is 0 Å². The van der Waals surface area contributed by atoms with Gasteiger partial charge in [-0.3, -0.25) is 9.69 Å². The van der Waals surface area contributed by atoms with E-state index >= 15 is 0 Å². The van der Waals surface area contributed by atoms with E-state index in [0.717, 1.165) is 31.7 Å². The predicted octanol–water partition coefficient (Wildman–Crippen LogP) is 2.33. The van der Waals surface area contributed by atoms with Crippen LogP contribution in [0.15, 0.2) is 48.5 Å². The molecule has 2 aromatic rings. The molecule has 6 nitrogen and oxygen atoms in total. The molecule has 1 saturated heterocycles. The molecule has 1 N–H and O–H groups in total. The Kier molecular flexibility index (Phi) is 6.95. The van der Waals surface area contributed by atoms with Crippen molar-refractivity contribution in [1.82, 2.24) is 15.1 Å². The summed E-state index contributed by atoms with van der Waals surface area (Å²) in [5, 5.41) is 2.98. The van der Waals surface area contributed by atoms with Crippen LogP contribution in [0.2, 0.25) is 0 Å². The average Bonchev–Trinajstić information content (AvgIpc) is 2.75. The van der Waals surface area contributed by atoms with Gasteiger partial charge in [0.05, 0.1) is 18.7 Å². The maximum Gasteiger partial charge on any atom is 0.337 e. The van der Waals surface area contributed by atoms with Crippen LogP contribution in [0.3, 0.4) is 0 Å². The molecule has 29 heavy (non-hydrogen) atoms. The van der Waals surface area contributed by atoms with Gasteiger partial charge in [-0.25, -0.2) is 9.18 Å². The fraction of sp³-hybridized carbons (Fsp3) is 0.364. The molecule has 0 aliphatic carbocycles. The predicted molar refractivity (Wildman–Crippen MR) is 108 cm³/mol. The summed E-state index contributed by atoms with van der Waals surface area (Å²) >= 11 is 0. The van der Waals surface area contributed by atoms with Gasteiger partial charge in [0.15, 0.2) is 0 Å². The number of hydrogen-bond donors (Lipinski definition) is 1. The molecule has 154 valence electrons. The third-order valence-electron chi connectivity index (χ3n) is 5.26. The van der Waals surface area contributed by atoms with Crippen LogP contribution in [0, 0.1) is 5.82 Å². The van der Waals surface area contributed by atoms with Crippen molar-refractivity contribution in [3.63, 3.8) is 0 Å². The molecule has 0 bridgehead atoms. The van der Waals surface area contributed by atoms with Crippen molar-refractivity contribution in [2.45, 2.75) is 6.04 Å². The molecule has 1 aliphatic rings. The van der Waals surface area contributed by atoms with E-state index in [-0.39, 0.29) is 17.8 Å². The number of piperazine rings is 1. The minimum absolute atomic E-state index is 0.0393. The molecule has 0 saturated carbocycles. The molecule has 0 aromatic heterocycles. The van der Waals surface area contributed by atoms with Crippen LogP contribution in [-0.2, 0) is 4.74 Å².